The summed E-state index contributed by atoms with van der Waals surface area (Å²) in [6.45, 7) is 3.14. The first-order valence-corrected chi connectivity index (χ1v) is 7.96. The van der Waals surface area contributed by atoms with E-state index in [4.69, 9.17) is 0 Å². The Balaban J connectivity index is 1.61. The zero-order chi connectivity index (χ0) is 16.2. The van der Waals surface area contributed by atoms with Crippen molar-refractivity contribution in [2.75, 3.05) is 13.1 Å². The first-order valence-electron chi connectivity index (χ1n) is 7.96. The van der Waals surface area contributed by atoms with Gasteiger partial charge in [-0.2, -0.15) is 0 Å². The smallest absolute Gasteiger partial charge is 0.255 e. The van der Waals surface area contributed by atoms with Crippen molar-refractivity contribution < 1.29 is 9.59 Å². The lowest BCUT2D eigenvalue weighted by Crippen LogP contribution is -2.40. The van der Waals surface area contributed by atoms with Crippen molar-refractivity contribution in [1.82, 2.24) is 9.88 Å². The maximum Gasteiger partial charge on any atom is 0.255 e. The highest BCUT2D eigenvalue weighted by atomic mass is 16.2. The number of carbonyl (C=O) groups is 2. The number of nitrogens with zero attached hydrogens (tertiary/aromatic N) is 2. The van der Waals surface area contributed by atoms with Gasteiger partial charge < -0.3 is 4.90 Å². The second-order valence-corrected chi connectivity index (χ2v) is 5.99. The molecule has 1 aromatic carbocycles. The van der Waals surface area contributed by atoms with E-state index in [9.17, 15) is 9.59 Å². The van der Waals surface area contributed by atoms with Crippen molar-refractivity contribution in [2.45, 2.75) is 19.8 Å². The Morgan fingerprint density at radius 1 is 1.00 bits per heavy atom. The summed E-state index contributed by atoms with van der Waals surface area (Å²) in [6, 6.07) is 13.1. The molecule has 1 amide bonds. The maximum atomic E-state index is 12.5. The number of hydrogen-bond acceptors (Lipinski definition) is 3. The molecule has 1 aliphatic rings. The first kappa shape index (κ1) is 15.4. The molecule has 0 radical (unpaired) electrons. The normalized spacial score (nSPS) is 15.4. The van der Waals surface area contributed by atoms with Gasteiger partial charge in [-0.05, 0) is 31.9 Å². The number of aryl methyl sites for hydroxylation is 1. The van der Waals surface area contributed by atoms with Crippen LogP contribution in [-0.2, 0) is 0 Å². The predicted octanol–water partition coefficient (Wildman–Crippen LogP) is 3.13. The second kappa shape index (κ2) is 6.73. The number of piperidine rings is 1. The molecular formula is C19H20N2O2. The quantitative estimate of drug-likeness (QED) is 0.819. The molecule has 2 heterocycles. The summed E-state index contributed by atoms with van der Waals surface area (Å²) in [5.74, 6) is 0.204. The number of Topliss-reactive ketones (excluding diaryl/α,β-unsaturated/α-hetero) is 1. The first-order chi connectivity index (χ1) is 11.1. The molecule has 0 spiro atoms. The van der Waals surface area contributed by atoms with Crippen LogP contribution in [0.25, 0.3) is 0 Å². The number of hydrogen-bond donors (Lipinski definition) is 0. The van der Waals surface area contributed by atoms with Crippen LogP contribution in [0.15, 0.2) is 48.7 Å². The van der Waals surface area contributed by atoms with E-state index in [1.165, 1.54) is 0 Å². The highest BCUT2D eigenvalue weighted by molar-refractivity contribution is 5.98. The highest BCUT2D eigenvalue weighted by Gasteiger charge is 2.28. The minimum Gasteiger partial charge on any atom is -0.339 e. The van der Waals surface area contributed by atoms with Crippen molar-refractivity contribution in [3.8, 4) is 0 Å². The lowest BCUT2D eigenvalue weighted by Gasteiger charge is -2.31. The molecule has 0 saturated carbocycles. The summed E-state index contributed by atoms with van der Waals surface area (Å²) in [7, 11) is 0. The third kappa shape index (κ3) is 3.47. The molecule has 0 aliphatic carbocycles. The van der Waals surface area contributed by atoms with Crippen LogP contribution >= 0.6 is 0 Å². The third-order valence-corrected chi connectivity index (χ3v) is 4.37. The van der Waals surface area contributed by atoms with E-state index in [0.29, 0.717) is 18.7 Å². The van der Waals surface area contributed by atoms with Crippen LogP contribution in [0.1, 0.15) is 39.3 Å². The molecule has 118 valence electrons. The van der Waals surface area contributed by atoms with Gasteiger partial charge in [0.15, 0.2) is 5.78 Å². The number of pyridine rings is 1. The summed E-state index contributed by atoms with van der Waals surface area (Å²) >= 11 is 0. The van der Waals surface area contributed by atoms with E-state index in [0.717, 1.165) is 24.1 Å². The molecule has 4 heteroatoms. The van der Waals surface area contributed by atoms with Crippen molar-refractivity contribution in [1.29, 1.82) is 0 Å². The zero-order valence-electron chi connectivity index (χ0n) is 13.2. The minimum absolute atomic E-state index is 0.00288. The van der Waals surface area contributed by atoms with Gasteiger partial charge in [-0.15, -0.1) is 0 Å². The molecule has 1 fully saturated rings. The Hall–Kier alpha value is -2.49. The molecule has 23 heavy (non-hydrogen) atoms. The third-order valence-electron chi connectivity index (χ3n) is 4.37. The van der Waals surface area contributed by atoms with E-state index < -0.39 is 0 Å². The lowest BCUT2D eigenvalue weighted by molar-refractivity contribution is 0.0650. The molecule has 0 bridgehead atoms. The van der Waals surface area contributed by atoms with Crippen LogP contribution in [0.4, 0.5) is 0 Å². The Labute approximate surface area is 136 Å². The predicted molar refractivity (Wildman–Crippen MR) is 88.4 cm³/mol. The molecule has 3 rings (SSSR count). The molecule has 0 atom stereocenters. The van der Waals surface area contributed by atoms with E-state index in [1.807, 2.05) is 54.3 Å². The minimum atomic E-state index is 0.00288. The van der Waals surface area contributed by atoms with Crippen LogP contribution in [-0.4, -0.2) is 34.7 Å². The Morgan fingerprint density at radius 2 is 1.70 bits per heavy atom. The number of ketones is 1. The zero-order valence-corrected chi connectivity index (χ0v) is 13.2. The fraction of sp³-hybridized carbons (Fsp3) is 0.316. The van der Waals surface area contributed by atoms with Gasteiger partial charge in [-0.25, -0.2) is 0 Å². The average Bonchev–Trinajstić information content (AvgIpc) is 2.62. The fourth-order valence-corrected chi connectivity index (χ4v) is 2.96. The van der Waals surface area contributed by atoms with Gasteiger partial charge in [0.2, 0.25) is 0 Å². The summed E-state index contributed by atoms with van der Waals surface area (Å²) in [4.78, 5) is 30.9. The number of carbonyl (C=O) groups excluding carboxylic acids is 2. The number of rotatable bonds is 3. The molecular weight excluding hydrogens is 288 g/mol. The van der Waals surface area contributed by atoms with Gasteiger partial charge >= 0.3 is 0 Å². The van der Waals surface area contributed by atoms with Gasteiger partial charge in [-0.1, -0.05) is 30.3 Å². The van der Waals surface area contributed by atoms with Crippen molar-refractivity contribution in [3.63, 3.8) is 0 Å². The van der Waals surface area contributed by atoms with Crippen molar-refractivity contribution in [2.24, 2.45) is 5.92 Å². The lowest BCUT2D eigenvalue weighted by atomic mass is 9.88. The summed E-state index contributed by atoms with van der Waals surface area (Å²) < 4.78 is 0. The number of benzene rings is 1. The van der Waals surface area contributed by atoms with E-state index in [2.05, 4.69) is 4.98 Å². The second-order valence-electron chi connectivity index (χ2n) is 5.99. The van der Waals surface area contributed by atoms with Crippen LogP contribution in [0.3, 0.4) is 0 Å². The van der Waals surface area contributed by atoms with E-state index >= 15 is 0 Å². The van der Waals surface area contributed by atoms with E-state index in [-0.39, 0.29) is 17.6 Å². The molecule has 1 saturated heterocycles. The van der Waals surface area contributed by atoms with E-state index in [1.54, 1.807) is 6.20 Å². The number of likely N-dealkylation sites (tertiary alicyclic amines) is 1. The molecule has 4 nitrogen and oxygen atoms in total. The van der Waals surface area contributed by atoms with Crippen LogP contribution < -0.4 is 0 Å². The standard InChI is InChI=1S/C19H20N2O2/c1-14-7-8-17(13-20-14)19(23)21-11-9-16(10-12-21)18(22)15-5-3-2-4-6-15/h2-8,13,16H,9-12H2,1H3. The molecule has 2 aromatic rings. The molecule has 1 aromatic heterocycles. The van der Waals surface area contributed by atoms with Crippen molar-refractivity contribution >= 4 is 11.7 Å². The number of amides is 1. The monoisotopic (exact) mass is 308 g/mol. The van der Waals surface area contributed by atoms with Gasteiger partial charge in [-0.3, -0.25) is 14.6 Å². The maximum absolute atomic E-state index is 12.5. The fourth-order valence-electron chi connectivity index (χ4n) is 2.96. The van der Waals surface area contributed by atoms with Crippen LogP contribution in [0.5, 0.6) is 0 Å². The Bertz CT molecular complexity index is 687. The molecule has 0 unspecified atom stereocenters. The van der Waals surface area contributed by atoms with Gasteiger partial charge in [0.25, 0.3) is 5.91 Å². The van der Waals surface area contributed by atoms with Gasteiger partial charge in [0.1, 0.15) is 0 Å². The Kier molecular flexibility index (Phi) is 4.51. The number of aromatic nitrogens is 1. The topological polar surface area (TPSA) is 50.3 Å². The molecule has 0 N–H and O–H groups in total. The van der Waals surface area contributed by atoms with Crippen LogP contribution in [0.2, 0.25) is 0 Å². The largest absolute Gasteiger partial charge is 0.339 e. The summed E-state index contributed by atoms with van der Waals surface area (Å²) in [5.41, 5.74) is 2.28. The highest BCUT2D eigenvalue weighted by Crippen LogP contribution is 2.22. The Morgan fingerprint density at radius 3 is 2.30 bits per heavy atom. The van der Waals surface area contributed by atoms with Gasteiger partial charge in [0.05, 0.1) is 5.56 Å². The summed E-state index contributed by atoms with van der Waals surface area (Å²) in [5, 5.41) is 0. The average molecular weight is 308 g/mol. The van der Waals surface area contributed by atoms with Crippen LogP contribution in [0, 0.1) is 12.8 Å². The summed E-state index contributed by atoms with van der Waals surface area (Å²) in [6.07, 6.45) is 3.07. The van der Waals surface area contributed by atoms with Gasteiger partial charge in [0, 0.05) is 36.5 Å². The molecule has 1 aliphatic heterocycles. The SMILES string of the molecule is Cc1ccc(C(=O)N2CCC(C(=O)c3ccccc3)CC2)cn1. The van der Waals surface area contributed by atoms with Crippen molar-refractivity contribution in [3.05, 3.63) is 65.5 Å².